The molecule has 17 heavy (non-hydrogen) atoms. The van der Waals surface area contributed by atoms with Crippen molar-refractivity contribution in [2.45, 2.75) is 6.54 Å². The Labute approximate surface area is 105 Å². The summed E-state index contributed by atoms with van der Waals surface area (Å²) in [5, 5.41) is 2.91. The standard InChI is InChI=1S/C12H13ClN2O2/c1-2-6-15-11(16)8-17-12-9(7-14)4-3-5-10(12)13/h1,3-5H,6-8,14H2,(H,15,16). The van der Waals surface area contributed by atoms with Gasteiger partial charge in [0.25, 0.3) is 5.91 Å². The van der Waals surface area contributed by atoms with Crippen LogP contribution in [0.5, 0.6) is 5.75 Å². The van der Waals surface area contributed by atoms with Crippen LogP contribution >= 0.6 is 11.6 Å². The Morgan fingerprint density at radius 3 is 3.00 bits per heavy atom. The Morgan fingerprint density at radius 1 is 1.59 bits per heavy atom. The summed E-state index contributed by atoms with van der Waals surface area (Å²) >= 11 is 5.95. The van der Waals surface area contributed by atoms with Gasteiger partial charge in [0.1, 0.15) is 5.75 Å². The first-order valence-electron chi connectivity index (χ1n) is 4.99. The maximum absolute atomic E-state index is 11.3. The molecule has 3 N–H and O–H groups in total. The number of para-hydroxylation sites is 1. The average Bonchev–Trinajstić information content (AvgIpc) is 2.34. The summed E-state index contributed by atoms with van der Waals surface area (Å²) in [4.78, 5) is 11.3. The maximum Gasteiger partial charge on any atom is 0.258 e. The Hall–Kier alpha value is -1.70. The molecule has 90 valence electrons. The van der Waals surface area contributed by atoms with Crippen LogP contribution < -0.4 is 15.8 Å². The molecule has 5 heteroatoms. The fourth-order valence-electron chi connectivity index (χ4n) is 1.21. The van der Waals surface area contributed by atoms with Crippen LogP contribution in [0, 0.1) is 12.3 Å². The molecule has 0 aliphatic carbocycles. The van der Waals surface area contributed by atoms with Gasteiger partial charge in [-0.3, -0.25) is 4.79 Å². The van der Waals surface area contributed by atoms with Gasteiger partial charge in [0.05, 0.1) is 11.6 Å². The highest BCUT2D eigenvalue weighted by Gasteiger charge is 2.09. The minimum Gasteiger partial charge on any atom is -0.482 e. The van der Waals surface area contributed by atoms with Gasteiger partial charge >= 0.3 is 0 Å². The van der Waals surface area contributed by atoms with Crippen molar-refractivity contribution in [3.8, 4) is 18.1 Å². The number of rotatable bonds is 5. The van der Waals surface area contributed by atoms with Gasteiger partial charge in [-0.1, -0.05) is 29.7 Å². The summed E-state index contributed by atoms with van der Waals surface area (Å²) in [5.41, 5.74) is 6.29. The maximum atomic E-state index is 11.3. The Morgan fingerprint density at radius 2 is 2.35 bits per heavy atom. The van der Waals surface area contributed by atoms with E-state index in [1.54, 1.807) is 18.2 Å². The number of carbonyl (C=O) groups excluding carboxylic acids is 1. The molecule has 4 nitrogen and oxygen atoms in total. The molecule has 0 heterocycles. The lowest BCUT2D eigenvalue weighted by Crippen LogP contribution is -2.29. The fraction of sp³-hybridized carbons (Fsp3) is 0.250. The zero-order valence-electron chi connectivity index (χ0n) is 9.20. The normalized spacial score (nSPS) is 9.47. The largest absolute Gasteiger partial charge is 0.482 e. The number of terminal acetylenes is 1. The van der Waals surface area contributed by atoms with Crippen molar-refractivity contribution >= 4 is 17.5 Å². The number of carbonyl (C=O) groups is 1. The number of halogens is 1. The Balaban J connectivity index is 2.63. The molecule has 0 fully saturated rings. The first-order valence-corrected chi connectivity index (χ1v) is 5.37. The number of nitrogens with one attached hydrogen (secondary N) is 1. The number of ether oxygens (including phenoxy) is 1. The molecule has 1 aromatic carbocycles. The third kappa shape index (κ3) is 3.99. The highest BCUT2D eigenvalue weighted by Crippen LogP contribution is 2.28. The van der Waals surface area contributed by atoms with Crippen LogP contribution in [0.3, 0.4) is 0 Å². The quantitative estimate of drug-likeness (QED) is 0.767. The van der Waals surface area contributed by atoms with E-state index in [0.29, 0.717) is 17.3 Å². The lowest BCUT2D eigenvalue weighted by Gasteiger charge is -2.11. The van der Waals surface area contributed by atoms with Crippen molar-refractivity contribution in [2.24, 2.45) is 5.73 Å². The molecule has 1 aromatic rings. The third-order valence-electron chi connectivity index (χ3n) is 2.00. The van der Waals surface area contributed by atoms with Crippen molar-refractivity contribution in [3.63, 3.8) is 0 Å². The highest BCUT2D eigenvalue weighted by atomic mass is 35.5. The minimum absolute atomic E-state index is 0.140. The first kappa shape index (κ1) is 13.4. The van der Waals surface area contributed by atoms with Gasteiger partial charge in [-0.2, -0.15) is 0 Å². The van der Waals surface area contributed by atoms with Crippen LogP contribution in [-0.4, -0.2) is 19.1 Å². The predicted molar refractivity (Wildman–Crippen MR) is 66.7 cm³/mol. The van der Waals surface area contributed by atoms with Crippen molar-refractivity contribution in [1.82, 2.24) is 5.32 Å². The Kier molecular flexibility index (Phi) is 5.34. The van der Waals surface area contributed by atoms with E-state index in [2.05, 4.69) is 11.2 Å². The van der Waals surface area contributed by atoms with Crippen LogP contribution in [0.2, 0.25) is 5.02 Å². The third-order valence-corrected chi connectivity index (χ3v) is 2.30. The molecule has 0 aliphatic heterocycles. The highest BCUT2D eigenvalue weighted by molar-refractivity contribution is 6.32. The Bertz CT molecular complexity index is 441. The van der Waals surface area contributed by atoms with Gasteiger partial charge in [-0.05, 0) is 6.07 Å². The van der Waals surface area contributed by atoms with Crippen molar-refractivity contribution < 1.29 is 9.53 Å². The van der Waals surface area contributed by atoms with Gasteiger partial charge in [0.2, 0.25) is 0 Å². The van der Waals surface area contributed by atoms with Gasteiger partial charge in [-0.15, -0.1) is 6.42 Å². The summed E-state index contributed by atoms with van der Waals surface area (Å²) in [6.45, 7) is 0.328. The smallest absolute Gasteiger partial charge is 0.258 e. The van der Waals surface area contributed by atoms with E-state index in [1.807, 2.05) is 0 Å². The zero-order chi connectivity index (χ0) is 12.7. The van der Waals surface area contributed by atoms with Crippen LogP contribution in [0.15, 0.2) is 18.2 Å². The lowest BCUT2D eigenvalue weighted by atomic mass is 10.2. The second kappa shape index (κ2) is 6.79. The summed E-state index contributed by atoms with van der Waals surface area (Å²) in [7, 11) is 0. The predicted octanol–water partition coefficient (Wildman–Crippen LogP) is 0.927. The van der Waals surface area contributed by atoms with Crippen LogP contribution in [0.25, 0.3) is 0 Å². The number of hydrogen-bond donors (Lipinski definition) is 2. The molecule has 0 aliphatic rings. The molecule has 1 amide bonds. The molecule has 0 unspecified atom stereocenters. The lowest BCUT2D eigenvalue weighted by molar-refractivity contribution is -0.122. The van der Waals surface area contributed by atoms with Gasteiger partial charge in [0, 0.05) is 12.1 Å². The number of benzene rings is 1. The van der Waals surface area contributed by atoms with Crippen molar-refractivity contribution in [3.05, 3.63) is 28.8 Å². The van der Waals surface area contributed by atoms with E-state index in [0.717, 1.165) is 5.56 Å². The monoisotopic (exact) mass is 252 g/mol. The van der Waals surface area contributed by atoms with E-state index < -0.39 is 0 Å². The molecule has 0 radical (unpaired) electrons. The van der Waals surface area contributed by atoms with E-state index >= 15 is 0 Å². The van der Waals surface area contributed by atoms with Crippen LogP contribution in [0.1, 0.15) is 5.56 Å². The molecular formula is C12H13ClN2O2. The topological polar surface area (TPSA) is 64.3 Å². The molecular weight excluding hydrogens is 240 g/mol. The zero-order valence-corrected chi connectivity index (χ0v) is 9.96. The second-order valence-corrected chi connectivity index (χ2v) is 3.61. The molecule has 1 rings (SSSR count). The summed E-state index contributed by atoms with van der Waals surface area (Å²) in [6.07, 6.45) is 5.01. The van der Waals surface area contributed by atoms with Gasteiger partial charge < -0.3 is 15.8 Å². The SMILES string of the molecule is C#CCNC(=O)COc1c(Cl)cccc1CN. The number of nitrogens with two attached hydrogens (primary N) is 1. The van der Waals surface area contributed by atoms with Crippen LogP contribution in [-0.2, 0) is 11.3 Å². The van der Waals surface area contributed by atoms with Gasteiger partial charge in [0.15, 0.2) is 6.61 Å². The van der Waals surface area contributed by atoms with E-state index in [-0.39, 0.29) is 19.1 Å². The minimum atomic E-state index is -0.300. The van der Waals surface area contributed by atoms with Crippen molar-refractivity contribution in [2.75, 3.05) is 13.2 Å². The molecule has 0 aromatic heterocycles. The molecule has 0 bridgehead atoms. The molecule has 0 saturated heterocycles. The summed E-state index contributed by atoms with van der Waals surface area (Å²) < 4.78 is 5.33. The molecule has 0 atom stereocenters. The van der Waals surface area contributed by atoms with E-state index in [1.165, 1.54) is 0 Å². The summed E-state index contributed by atoms with van der Waals surface area (Å²) in [5.74, 6) is 2.43. The fourth-order valence-corrected chi connectivity index (χ4v) is 1.46. The first-order chi connectivity index (χ1) is 8.19. The number of hydrogen-bond acceptors (Lipinski definition) is 3. The number of amides is 1. The second-order valence-electron chi connectivity index (χ2n) is 3.20. The van der Waals surface area contributed by atoms with E-state index in [9.17, 15) is 4.79 Å². The summed E-state index contributed by atoms with van der Waals surface area (Å²) in [6, 6.07) is 5.24. The average molecular weight is 253 g/mol. The molecule has 0 spiro atoms. The van der Waals surface area contributed by atoms with Crippen LogP contribution in [0.4, 0.5) is 0 Å². The van der Waals surface area contributed by atoms with Gasteiger partial charge in [-0.25, -0.2) is 0 Å². The van der Waals surface area contributed by atoms with Crippen molar-refractivity contribution in [1.29, 1.82) is 0 Å². The molecule has 0 saturated carbocycles. The van der Waals surface area contributed by atoms with E-state index in [4.69, 9.17) is 28.5 Å².